The second-order valence-corrected chi connectivity index (χ2v) is 7.61. The molecule has 1 aromatic heterocycles. The number of hydrogen-bond donors (Lipinski definition) is 2. The minimum absolute atomic E-state index is 0.281. The summed E-state index contributed by atoms with van der Waals surface area (Å²) in [6.07, 6.45) is 0. The van der Waals surface area contributed by atoms with Crippen molar-refractivity contribution >= 4 is 29.2 Å². The van der Waals surface area contributed by atoms with Gasteiger partial charge in [-0.05, 0) is 76.2 Å². The van der Waals surface area contributed by atoms with Gasteiger partial charge in [-0.25, -0.2) is 4.99 Å². The lowest BCUT2D eigenvalue weighted by atomic mass is 10.2. The van der Waals surface area contributed by atoms with Crippen molar-refractivity contribution < 1.29 is 9.53 Å². The van der Waals surface area contributed by atoms with E-state index in [1.165, 1.54) is 0 Å². The molecule has 2 N–H and O–H groups in total. The first-order valence-corrected chi connectivity index (χ1v) is 10.9. The standard InChI is InChI=1S/C24H28ClN5O2/c1-5-30-17(4)22(16(3)29-30)15-26-24(27-20-11-13-21(14-12-20)32-6-2)28-23(31)18-7-9-19(25)10-8-18/h7-14H,5-6,15H2,1-4H3,(H2,26,27,28,31). The van der Waals surface area contributed by atoms with Crippen LogP contribution in [0.1, 0.15) is 41.2 Å². The van der Waals surface area contributed by atoms with E-state index in [1.807, 2.05) is 49.7 Å². The summed E-state index contributed by atoms with van der Waals surface area (Å²) in [4.78, 5) is 17.4. The van der Waals surface area contributed by atoms with Crippen LogP contribution in [0.5, 0.6) is 5.75 Å². The highest BCUT2D eigenvalue weighted by molar-refractivity contribution is 6.30. The molecule has 3 rings (SSSR count). The quantitative estimate of drug-likeness (QED) is 0.391. The fraction of sp³-hybridized carbons (Fsp3) is 0.292. The number of aryl methyl sites for hydroxylation is 2. The van der Waals surface area contributed by atoms with Gasteiger partial charge in [0.1, 0.15) is 5.75 Å². The Morgan fingerprint density at radius 2 is 1.78 bits per heavy atom. The third-order valence-corrected chi connectivity index (χ3v) is 5.24. The summed E-state index contributed by atoms with van der Waals surface area (Å²) in [5.41, 5.74) is 4.30. The van der Waals surface area contributed by atoms with E-state index in [0.717, 1.165) is 34.9 Å². The topological polar surface area (TPSA) is 80.5 Å². The fourth-order valence-corrected chi connectivity index (χ4v) is 3.38. The number of benzene rings is 2. The summed E-state index contributed by atoms with van der Waals surface area (Å²) in [5.74, 6) is 0.841. The monoisotopic (exact) mass is 453 g/mol. The molecule has 2 aromatic carbocycles. The van der Waals surface area contributed by atoms with Crippen molar-refractivity contribution in [3.63, 3.8) is 0 Å². The summed E-state index contributed by atoms with van der Waals surface area (Å²) in [5, 5.41) is 11.2. The molecular weight excluding hydrogens is 426 g/mol. The average Bonchev–Trinajstić information content (AvgIpc) is 3.06. The number of guanidine groups is 1. The van der Waals surface area contributed by atoms with Gasteiger partial charge >= 0.3 is 0 Å². The number of aromatic nitrogens is 2. The molecule has 0 saturated carbocycles. The van der Waals surface area contributed by atoms with Crippen molar-refractivity contribution in [3.8, 4) is 5.75 Å². The van der Waals surface area contributed by atoms with E-state index in [1.54, 1.807) is 24.3 Å². The Morgan fingerprint density at radius 1 is 1.09 bits per heavy atom. The van der Waals surface area contributed by atoms with Gasteiger partial charge in [-0.15, -0.1) is 0 Å². The van der Waals surface area contributed by atoms with E-state index in [2.05, 4.69) is 27.6 Å². The molecule has 0 aliphatic heterocycles. The minimum atomic E-state index is -0.281. The third kappa shape index (κ3) is 5.88. The smallest absolute Gasteiger partial charge is 0.257 e. The van der Waals surface area contributed by atoms with Crippen LogP contribution in [0.3, 0.4) is 0 Å². The third-order valence-electron chi connectivity index (χ3n) is 4.99. The van der Waals surface area contributed by atoms with Crippen molar-refractivity contribution in [1.82, 2.24) is 15.1 Å². The molecule has 0 saturated heterocycles. The number of rotatable bonds is 7. The second-order valence-electron chi connectivity index (χ2n) is 7.17. The summed E-state index contributed by atoms with van der Waals surface area (Å²) >= 11 is 5.94. The van der Waals surface area contributed by atoms with Crippen LogP contribution >= 0.6 is 11.6 Å². The average molecular weight is 454 g/mol. The largest absolute Gasteiger partial charge is 0.494 e. The lowest BCUT2D eigenvalue weighted by molar-refractivity contribution is 0.0977. The Morgan fingerprint density at radius 3 is 2.38 bits per heavy atom. The van der Waals surface area contributed by atoms with Crippen molar-refractivity contribution in [3.05, 3.63) is 76.1 Å². The number of hydrogen-bond acceptors (Lipinski definition) is 4. The maximum Gasteiger partial charge on any atom is 0.257 e. The van der Waals surface area contributed by atoms with Gasteiger partial charge in [0.25, 0.3) is 5.91 Å². The molecule has 8 heteroatoms. The van der Waals surface area contributed by atoms with Crippen molar-refractivity contribution in [2.24, 2.45) is 4.99 Å². The molecule has 0 spiro atoms. The van der Waals surface area contributed by atoms with Crippen LogP contribution in [0, 0.1) is 13.8 Å². The number of nitrogens with zero attached hydrogens (tertiary/aromatic N) is 3. The van der Waals surface area contributed by atoms with Gasteiger partial charge in [-0.3, -0.25) is 14.8 Å². The number of halogens is 1. The zero-order valence-electron chi connectivity index (χ0n) is 18.8. The van der Waals surface area contributed by atoms with Crippen LogP contribution in [-0.2, 0) is 13.1 Å². The van der Waals surface area contributed by atoms with Crippen molar-refractivity contribution in [2.45, 2.75) is 40.8 Å². The molecule has 32 heavy (non-hydrogen) atoms. The minimum Gasteiger partial charge on any atom is -0.494 e. The van der Waals surface area contributed by atoms with E-state index in [0.29, 0.717) is 29.7 Å². The number of aliphatic imine (C=N–C) groups is 1. The fourth-order valence-electron chi connectivity index (χ4n) is 3.26. The van der Waals surface area contributed by atoms with E-state index < -0.39 is 0 Å². The first-order chi connectivity index (χ1) is 15.4. The highest BCUT2D eigenvalue weighted by atomic mass is 35.5. The Kier molecular flexibility index (Phi) is 7.89. The van der Waals surface area contributed by atoms with E-state index in [4.69, 9.17) is 16.3 Å². The molecule has 0 unspecified atom stereocenters. The van der Waals surface area contributed by atoms with Crippen LogP contribution in [-0.4, -0.2) is 28.3 Å². The summed E-state index contributed by atoms with van der Waals surface area (Å²) in [6.45, 7) is 9.77. The van der Waals surface area contributed by atoms with Gasteiger partial charge in [-0.1, -0.05) is 11.6 Å². The molecule has 0 aliphatic rings. The van der Waals surface area contributed by atoms with Gasteiger partial charge in [0.2, 0.25) is 5.96 Å². The van der Waals surface area contributed by atoms with Crippen LogP contribution in [0.15, 0.2) is 53.5 Å². The van der Waals surface area contributed by atoms with E-state index in [9.17, 15) is 4.79 Å². The number of carbonyl (C=O) groups is 1. The van der Waals surface area contributed by atoms with Gasteiger partial charge in [0.05, 0.1) is 18.8 Å². The summed E-state index contributed by atoms with van der Waals surface area (Å²) < 4.78 is 7.45. The maximum atomic E-state index is 12.8. The second kappa shape index (κ2) is 10.8. The number of carbonyl (C=O) groups excluding carboxylic acids is 1. The van der Waals surface area contributed by atoms with E-state index in [-0.39, 0.29) is 5.91 Å². The Balaban J connectivity index is 1.84. The Bertz CT molecular complexity index is 1090. The van der Waals surface area contributed by atoms with Gasteiger partial charge in [0.15, 0.2) is 0 Å². The molecule has 1 heterocycles. The van der Waals surface area contributed by atoms with Gasteiger partial charge in [-0.2, -0.15) is 5.10 Å². The van der Waals surface area contributed by atoms with Crippen LogP contribution in [0.4, 0.5) is 5.69 Å². The lowest BCUT2D eigenvalue weighted by Crippen LogP contribution is -2.36. The molecule has 0 bridgehead atoms. The summed E-state index contributed by atoms with van der Waals surface area (Å²) in [6, 6.07) is 14.2. The van der Waals surface area contributed by atoms with E-state index >= 15 is 0 Å². The Labute approximate surface area is 193 Å². The normalized spacial score (nSPS) is 11.3. The van der Waals surface area contributed by atoms with Crippen LogP contribution in [0.2, 0.25) is 5.02 Å². The molecule has 0 aliphatic carbocycles. The zero-order chi connectivity index (χ0) is 23.1. The number of amides is 1. The van der Waals surface area contributed by atoms with Crippen molar-refractivity contribution in [2.75, 3.05) is 11.9 Å². The number of ether oxygens (including phenoxy) is 1. The molecule has 7 nitrogen and oxygen atoms in total. The highest BCUT2D eigenvalue weighted by Gasteiger charge is 2.13. The first kappa shape index (κ1) is 23.3. The molecule has 0 atom stereocenters. The predicted octanol–water partition coefficient (Wildman–Crippen LogP) is 4.97. The molecule has 1 amide bonds. The summed E-state index contributed by atoms with van der Waals surface area (Å²) in [7, 11) is 0. The SMILES string of the molecule is CCOc1ccc(NC(=NCc2c(C)nn(CC)c2C)NC(=O)c2ccc(Cl)cc2)cc1. The van der Waals surface area contributed by atoms with Crippen LogP contribution < -0.4 is 15.4 Å². The predicted molar refractivity (Wildman–Crippen MR) is 129 cm³/mol. The maximum absolute atomic E-state index is 12.8. The lowest BCUT2D eigenvalue weighted by Gasteiger charge is -2.13. The highest BCUT2D eigenvalue weighted by Crippen LogP contribution is 2.17. The molecule has 168 valence electrons. The molecule has 0 radical (unpaired) electrons. The van der Waals surface area contributed by atoms with Gasteiger partial charge in [0, 0.05) is 34.1 Å². The Hall–Kier alpha value is -3.32. The molecule has 0 fully saturated rings. The zero-order valence-corrected chi connectivity index (χ0v) is 19.5. The number of anilines is 1. The van der Waals surface area contributed by atoms with Gasteiger partial charge < -0.3 is 10.1 Å². The first-order valence-electron chi connectivity index (χ1n) is 10.5. The van der Waals surface area contributed by atoms with Crippen LogP contribution in [0.25, 0.3) is 0 Å². The molecule has 3 aromatic rings. The van der Waals surface area contributed by atoms with Crippen molar-refractivity contribution in [1.29, 1.82) is 0 Å². The molecular formula is C24H28ClN5O2. The number of nitrogens with one attached hydrogen (secondary N) is 2.